The summed E-state index contributed by atoms with van der Waals surface area (Å²) in [6.07, 6.45) is 2.39. The fourth-order valence-corrected chi connectivity index (χ4v) is 2.17. The Morgan fingerprint density at radius 3 is 2.56 bits per heavy atom. The fraction of sp³-hybridized carbons (Fsp3) is 0.125. The van der Waals surface area contributed by atoms with E-state index in [2.05, 4.69) is 20.4 Å². The molecule has 0 saturated carbocycles. The van der Waals surface area contributed by atoms with E-state index < -0.39 is 4.92 Å². The van der Waals surface area contributed by atoms with Gasteiger partial charge in [0.05, 0.1) is 4.92 Å². The average Bonchev–Trinajstić information content (AvgIpc) is 3.05. The largest absolute Gasteiger partial charge is 0.340 e. The van der Waals surface area contributed by atoms with Crippen LogP contribution in [0.5, 0.6) is 0 Å². The Bertz CT molecular complexity index is 949. The van der Waals surface area contributed by atoms with Gasteiger partial charge in [-0.15, -0.1) is 0 Å². The molecule has 9 nitrogen and oxygen atoms in total. The first-order valence-corrected chi connectivity index (χ1v) is 7.35. The van der Waals surface area contributed by atoms with Crippen molar-refractivity contribution < 1.29 is 9.72 Å². The predicted molar refractivity (Wildman–Crippen MR) is 90.3 cm³/mol. The maximum Gasteiger partial charge on any atom is 0.307 e. The van der Waals surface area contributed by atoms with Gasteiger partial charge >= 0.3 is 5.69 Å². The lowest BCUT2D eigenvalue weighted by Gasteiger charge is -2.08. The first kappa shape index (κ1) is 16.2. The molecule has 1 N–H and O–H groups in total. The van der Waals surface area contributed by atoms with Crippen LogP contribution < -0.4 is 5.32 Å². The standard InChI is InChI=1S/C16H14N6O3/c1-10-7-15(19-13-5-3-12(4-6-13)11(2)23)20-16(18-10)21-9-14(8-17-21)22(24)25/h3-9H,1-2H3,(H,18,19,20). The molecular weight excluding hydrogens is 324 g/mol. The van der Waals surface area contributed by atoms with Crippen molar-refractivity contribution in [1.29, 1.82) is 0 Å². The van der Waals surface area contributed by atoms with Crippen LogP contribution in [0.2, 0.25) is 0 Å². The lowest BCUT2D eigenvalue weighted by atomic mass is 10.1. The molecule has 0 radical (unpaired) electrons. The number of nitrogens with one attached hydrogen (secondary N) is 1. The monoisotopic (exact) mass is 338 g/mol. The number of rotatable bonds is 5. The molecule has 126 valence electrons. The molecule has 25 heavy (non-hydrogen) atoms. The van der Waals surface area contributed by atoms with Crippen LogP contribution in [0.25, 0.3) is 5.95 Å². The molecule has 1 aromatic carbocycles. The van der Waals surface area contributed by atoms with E-state index in [0.29, 0.717) is 17.1 Å². The van der Waals surface area contributed by atoms with Gasteiger partial charge in [0.15, 0.2) is 5.78 Å². The summed E-state index contributed by atoms with van der Waals surface area (Å²) in [5, 5.41) is 17.8. The maximum atomic E-state index is 11.3. The number of aromatic nitrogens is 4. The molecule has 2 aromatic heterocycles. The first-order valence-electron chi connectivity index (χ1n) is 7.35. The molecule has 0 spiro atoms. The highest BCUT2D eigenvalue weighted by Gasteiger charge is 2.12. The zero-order valence-electron chi connectivity index (χ0n) is 13.5. The Labute approximate surface area is 142 Å². The lowest BCUT2D eigenvalue weighted by Crippen LogP contribution is -2.05. The molecule has 0 bridgehead atoms. The van der Waals surface area contributed by atoms with Crippen molar-refractivity contribution in [2.75, 3.05) is 5.32 Å². The highest BCUT2D eigenvalue weighted by atomic mass is 16.6. The van der Waals surface area contributed by atoms with Crippen LogP contribution in [-0.2, 0) is 0 Å². The first-order chi connectivity index (χ1) is 11.9. The quantitative estimate of drug-likeness (QED) is 0.432. The summed E-state index contributed by atoms with van der Waals surface area (Å²) in [6, 6.07) is 8.71. The van der Waals surface area contributed by atoms with Crippen molar-refractivity contribution in [3.8, 4) is 5.95 Å². The second kappa shape index (κ2) is 6.48. The number of nitrogens with zero attached hydrogens (tertiary/aromatic N) is 5. The Hall–Kier alpha value is -3.62. The van der Waals surface area contributed by atoms with Crippen molar-refractivity contribution in [2.24, 2.45) is 0 Å². The van der Waals surface area contributed by atoms with Gasteiger partial charge in [0.25, 0.3) is 5.95 Å². The van der Waals surface area contributed by atoms with Gasteiger partial charge in [0.1, 0.15) is 18.2 Å². The molecule has 3 aromatic rings. The van der Waals surface area contributed by atoms with Gasteiger partial charge < -0.3 is 5.32 Å². The summed E-state index contributed by atoms with van der Waals surface area (Å²) < 4.78 is 1.25. The van der Waals surface area contributed by atoms with E-state index in [1.807, 2.05) is 0 Å². The minimum atomic E-state index is -0.533. The number of ketones is 1. The molecule has 0 unspecified atom stereocenters. The summed E-state index contributed by atoms with van der Waals surface area (Å²) in [5.41, 5.74) is 1.90. The summed E-state index contributed by atoms with van der Waals surface area (Å²) >= 11 is 0. The summed E-state index contributed by atoms with van der Waals surface area (Å²) in [7, 11) is 0. The Morgan fingerprint density at radius 1 is 1.24 bits per heavy atom. The highest BCUT2D eigenvalue weighted by molar-refractivity contribution is 5.94. The highest BCUT2D eigenvalue weighted by Crippen LogP contribution is 2.18. The zero-order valence-corrected chi connectivity index (χ0v) is 13.5. The third kappa shape index (κ3) is 3.66. The van der Waals surface area contributed by atoms with Crippen LogP contribution in [0, 0.1) is 17.0 Å². The molecule has 0 amide bonds. The number of hydrogen-bond donors (Lipinski definition) is 1. The van der Waals surface area contributed by atoms with E-state index in [0.717, 1.165) is 11.9 Å². The van der Waals surface area contributed by atoms with Crippen LogP contribution in [0.3, 0.4) is 0 Å². The molecule has 0 aliphatic heterocycles. The van der Waals surface area contributed by atoms with Crippen molar-refractivity contribution in [3.63, 3.8) is 0 Å². The number of aryl methyl sites for hydroxylation is 1. The predicted octanol–water partition coefficient (Wildman–Crippen LogP) is 2.83. The molecule has 0 saturated heterocycles. The normalized spacial score (nSPS) is 10.5. The van der Waals surface area contributed by atoms with Crippen LogP contribution in [-0.4, -0.2) is 30.5 Å². The third-order valence-corrected chi connectivity index (χ3v) is 3.39. The van der Waals surface area contributed by atoms with Gasteiger partial charge in [0, 0.05) is 23.0 Å². The molecule has 9 heteroatoms. The molecule has 0 atom stereocenters. The Morgan fingerprint density at radius 2 is 1.96 bits per heavy atom. The molecular formula is C16H14N6O3. The topological polar surface area (TPSA) is 116 Å². The maximum absolute atomic E-state index is 11.3. The number of carbonyl (C=O) groups excluding carboxylic acids is 1. The van der Waals surface area contributed by atoms with E-state index in [-0.39, 0.29) is 17.4 Å². The molecule has 3 rings (SSSR count). The Kier molecular flexibility index (Phi) is 4.21. The van der Waals surface area contributed by atoms with Crippen LogP contribution >= 0.6 is 0 Å². The second-order valence-electron chi connectivity index (χ2n) is 5.35. The second-order valence-corrected chi connectivity index (χ2v) is 5.35. The van der Waals surface area contributed by atoms with Crippen molar-refractivity contribution in [1.82, 2.24) is 19.7 Å². The summed E-state index contributed by atoms with van der Waals surface area (Å²) in [5.74, 6) is 0.721. The minimum absolute atomic E-state index is 0.00741. The lowest BCUT2D eigenvalue weighted by molar-refractivity contribution is -0.384. The SMILES string of the molecule is CC(=O)c1ccc(Nc2cc(C)nc(-n3cc([N+](=O)[O-])cn3)n2)cc1. The van der Waals surface area contributed by atoms with Gasteiger partial charge in [-0.25, -0.2) is 4.98 Å². The van der Waals surface area contributed by atoms with Crippen LogP contribution in [0.15, 0.2) is 42.7 Å². The van der Waals surface area contributed by atoms with Gasteiger partial charge in [-0.2, -0.15) is 14.8 Å². The molecule has 2 heterocycles. The number of anilines is 2. The van der Waals surface area contributed by atoms with E-state index in [1.165, 1.54) is 17.8 Å². The summed E-state index contributed by atoms with van der Waals surface area (Å²) in [4.78, 5) is 30.1. The average molecular weight is 338 g/mol. The fourth-order valence-electron chi connectivity index (χ4n) is 2.17. The van der Waals surface area contributed by atoms with E-state index in [1.54, 1.807) is 37.3 Å². The van der Waals surface area contributed by atoms with E-state index in [4.69, 9.17) is 0 Å². The minimum Gasteiger partial charge on any atom is -0.340 e. The van der Waals surface area contributed by atoms with Gasteiger partial charge in [-0.3, -0.25) is 14.9 Å². The molecule has 0 fully saturated rings. The molecule has 0 aliphatic carbocycles. The number of Topliss-reactive ketones (excluding diaryl/α,β-unsaturated/α-hetero) is 1. The van der Waals surface area contributed by atoms with Crippen molar-refractivity contribution in [2.45, 2.75) is 13.8 Å². The number of carbonyl (C=O) groups is 1. The smallest absolute Gasteiger partial charge is 0.307 e. The number of nitro groups is 1. The van der Waals surface area contributed by atoms with Crippen LogP contribution in [0.4, 0.5) is 17.2 Å². The summed E-state index contributed by atoms with van der Waals surface area (Å²) in [6.45, 7) is 3.29. The van der Waals surface area contributed by atoms with Crippen molar-refractivity contribution >= 4 is 23.0 Å². The van der Waals surface area contributed by atoms with Crippen LogP contribution in [0.1, 0.15) is 23.0 Å². The zero-order chi connectivity index (χ0) is 18.0. The van der Waals surface area contributed by atoms with Gasteiger partial charge in [-0.05, 0) is 38.1 Å². The van der Waals surface area contributed by atoms with Crippen molar-refractivity contribution in [3.05, 3.63) is 64.1 Å². The number of hydrogen-bond acceptors (Lipinski definition) is 7. The number of benzene rings is 1. The van der Waals surface area contributed by atoms with E-state index in [9.17, 15) is 14.9 Å². The van der Waals surface area contributed by atoms with E-state index >= 15 is 0 Å². The third-order valence-electron chi connectivity index (χ3n) is 3.39. The molecule has 0 aliphatic rings. The Balaban J connectivity index is 1.88. The van der Waals surface area contributed by atoms with Gasteiger partial charge in [-0.1, -0.05) is 0 Å². The van der Waals surface area contributed by atoms with Gasteiger partial charge in [0.2, 0.25) is 0 Å².